The molecule has 1 saturated heterocycles. The van der Waals surface area contributed by atoms with Crippen molar-refractivity contribution in [2.75, 3.05) is 11.4 Å². The zero-order chi connectivity index (χ0) is 14.3. The summed E-state index contributed by atoms with van der Waals surface area (Å²) in [7, 11) is 0. The number of rotatable bonds is 3. The van der Waals surface area contributed by atoms with E-state index < -0.39 is 0 Å². The minimum absolute atomic E-state index is 0.129. The summed E-state index contributed by atoms with van der Waals surface area (Å²) in [5.41, 5.74) is 1.44. The van der Waals surface area contributed by atoms with Crippen molar-refractivity contribution >= 4 is 21.7 Å². The maximum absolute atomic E-state index is 4.72. The van der Waals surface area contributed by atoms with Crippen LogP contribution in [-0.4, -0.2) is 23.1 Å². The quantitative estimate of drug-likeness (QED) is 0.910. The van der Waals surface area contributed by atoms with E-state index in [4.69, 9.17) is 4.98 Å². The third-order valence-corrected chi connectivity index (χ3v) is 4.83. The van der Waals surface area contributed by atoms with Crippen LogP contribution < -0.4 is 10.2 Å². The molecule has 20 heavy (non-hydrogen) atoms. The van der Waals surface area contributed by atoms with Crippen LogP contribution >= 0.6 is 15.9 Å². The Kier molecular flexibility index (Phi) is 3.80. The van der Waals surface area contributed by atoms with E-state index in [1.54, 1.807) is 0 Å². The van der Waals surface area contributed by atoms with Gasteiger partial charge in [0.05, 0.1) is 0 Å². The fourth-order valence-electron chi connectivity index (χ4n) is 3.41. The van der Waals surface area contributed by atoms with Crippen LogP contribution in [0.2, 0.25) is 0 Å². The Bertz CT molecular complexity index is 495. The number of aromatic nitrogens is 1. The van der Waals surface area contributed by atoms with E-state index in [1.807, 2.05) is 6.20 Å². The molecular weight excluding hydrogens is 314 g/mol. The SMILES string of the molecule is CC(C)(C)NCc1cc(Br)cnc1N1CC2CCC1C2. The number of fused-ring (bicyclic) bond motifs is 2. The van der Waals surface area contributed by atoms with Gasteiger partial charge in [-0.15, -0.1) is 0 Å². The number of hydrogen-bond donors (Lipinski definition) is 1. The van der Waals surface area contributed by atoms with Gasteiger partial charge in [-0.1, -0.05) is 0 Å². The molecule has 1 saturated carbocycles. The predicted octanol–water partition coefficient (Wildman–Crippen LogP) is 3.72. The lowest BCUT2D eigenvalue weighted by Gasteiger charge is -2.30. The second-order valence-corrected chi connectivity index (χ2v) is 8.14. The first-order valence-corrected chi connectivity index (χ1v) is 8.38. The van der Waals surface area contributed by atoms with Gasteiger partial charge in [0.25, 0.3) is 0 Å². The van der Waals surface area contributed by atoms with Crippen molar-refractivity contribution < 1.29 is 0 Å². The molecule has 110 valence electrons. The van der Waals surface area contributed by atoms with Crippen molar-refractivity contribution in [3.05, 3.63) is 22.3 Å². The maximum Gasteiger partial charge on any atom is 0.133 e. The minimum Gasteiger partial charge on any atom is -0.353 e. The number of nitrogens with one attached hydrogen (secondary N) is 1. The molecule has 1 N–H and O–H groups in total. The summed E-state index contributed by atoms with van der Waals surface area (Å²) in [6.07, 6.45) is 6.05. The van der Waals surface area contributed by atoms with Gasteiger partial charge in [0, 0.05) is 40.9 Å². The summed E-state index contributed by atoms with van der Waals surface area (Å²) >= 11 is 3.56. The molecule has 4 heteroatoms. The Hall–Kier alpha value is -0.610. The largest absolute Gasteiger partial charge is 0.353 e. The standard InChI is InChI=1S/C16H24BrN3/c1-16(2,3)19-8-12-7-13(17)9-18-15(12)20-10-11-4-5-14(20)6-11/h7,9,11,14,19H,4-6,8,10H2,1-3H3. The second kappa shape index (κ2) is 5.30. The zero-order valence-electron chi connectivity index (χ0n) is 12.6. The van der Waals surface area contributed by atoms with E-state index in [1.165, 1.54) is 37.2 Å². The number of nitrogens with zero attached hydrogens (tertiary/aromatic N) is 2. The van der Waals surface area contributed by atoms with Gasteiger partial charge >= 0.3 is 0 Å². The molecule has 2 fully saturated rings. The van der Waals surface area contributed by atoms with Gasteiger partial charge in [-0.3, -0.25) is 0 Å². The molecule has 0 radical (unpaired) electrons. The average Bonchev–Trinajstić information content (AvgIpc) is 2.98. The van der Waals surface area contributed by atoms with E-state index >= 15 is 0 Å². The number of hydrogen-bond acceptors (Lipinski definition) is 3. The molecule has 3 nitrogen and oxygen atoms in total. The highest BCUT2D eigenvalue weighted by molar-refractivity contribution is 9.10. The van der Waals surface area contributed by atoms with Gasteiger partial charge in [-0.25, -0.2) is 4.98 Å². The summed E-state index contributed by atoms with van der Waals surface area (Å²) in [6, 6.07) is 2.94. The van der Waals surface area contributed by atoms with Gasteiger partial charge in [-0.2, -0.15) is 0 Å². The van der Waals surface area contributed by atoms with Gasteiger partial charge in [-0.05, 0) is 67.9 Å². The van der Waals surface area contributed by atoms with Crippen LogP contribution in [0.5, 0.6) is 0 Å². The lowest BCUT2D eigenvalue weighted by molar-refractivity contribution is 0.423. The monoisotopic (exact) mass is 337 g/mol. The van der Waals surface area contributed by atoms with Gasteiger partial charge in [0.2, 0.25) is 0 Å². The molecule has 3 rings (SSSR count). The van der Waals surface area contributed by atoms with Crippen molar-refractivity contribution in [2.45, 2.75) is 58.2 Å². The molecule has 1 aromatic heterocycles. The van der Waals surface area contributed by atoms with Crippen LogP contribution in [0.4, 0.5) is 5.82 Å². The Labute approximate surface area is 130 Å². The van der Waals surface area contributed by atoms with E-state index in [-0.39, 0.29) is 5.54 Å². The Morgan fingerprint density at radius 1 is 1.40 bits per heavy atom. The van der Waals surface area contributed by atoms with Crippen LogP contribution in [0.15, 0.2) is 16.7 Å². The normalized spacial score (nSPS) is 25.5. The summed E-state index contributed by atoms with van der Waals surface area (Å²) in [4.78, 5) is 7.26. The number of pyridine rings is 1. The fraction of sp³-hybridized carbons (Fsp3) is 0.688. The van der Waals surface area contributed by atoms with Crippen molar-refractivity contribution in [3.63, 3.8) is 0 Å². The van der Waals surface area contributed by atoms with Crippen molar-refractivity contribution in [1.82, 2.24) is 10.3 Å². The van der Waals surface area contributed by atoms with Crippen LogP contribution in [0, 0.1) is 5.92 Å². The third kappa shape index (κ3) is 3.01. The molecule has 0 spiro atoms. The average molecular weight is 338 g/mol. The lowest BCUT2D eigenvalue weighted by atomic mass is 10.1. The van der Waals surface area contributed by atoms with E-state index in [9.17, 15) is 0 Å². The Balaban J connectivity index is 1.83. The van der Waals surface area contributed by atoms with Gasteiger partial charge in [0.1, 0.15) is 5.82 Å². The first kappa shape index (κ1) is 14.3. The minimum atomic E-state index is 0.129. The third-order valence-electron chi connectivity index (χ3n) is 4.40. The number of anilines is 1. The van der Waals surface area contributed by atoms with E-state index in [0.29, 0.717) is 0 Å². The first-order chi connectivity index (χ1) is 9.42. The molecule has 0 amide bonds. The molecule has 0 aromatic carbocycles. The zero-order valence-corrected chi connectivity index (χ0v) is 14.2. The highest BCUT2D eigenvalue weighted by atomic mass is 79.9. The molecule has 1 aromatic rings. The number of piperidine rings is 1. The maximum atomic E-state index is 4.72. The Morgan fingerprint density at radius 3 is 2.80 bits per heavy atom. The summed E-state index contributed by atoms with van der Waals surface area (Å²) < 4.78 is 1.07. The van der Waals surface area contributed by atoms with Crippen molar-refractivity contribution in [3.8, 4) is 0 Å². The van der Waals surface area contributed by atoms with Crippen molar-refractivity contribution in [2.24, 2.45) is 5.92 Å². The van der Waals surface area contributed by atoms with Gasteiger partial charge < -0.3 is 10.2 Å². The van der Waals surface area contributed by atoms with Crippen LogP contribution in [-0.2, 0) is 6.54 Å². The summed E-state index contributed by atoms with van der Waals surface area (Å²) in [6.45, 7) is 8.68. The molecule has 1 aliphatic heterocycles. The summed E-state index contributed by atoms with van der Waals surface area (Å²) in [5.74, 6) is 2.09. The second-order valence-electron chi connectivity index (χ2n) is 7.23. The molecular formula is C16H24BrN3. The topological polar surface area (TPSA) is 28.2 Å². The van der Waals surface area contributed by atoms with E-state index in [2.05, 4.69) is 53.0 Å². The molecule has 2 bridgehead atoms. The molecule has 2 aliphatic rings. The smallest absolute Gasteiger partial charge is 0.133 e. The van der Waals surface area contributed by atoms with Crippen LogP contribution in [0.3, 0.4) is 0 Å². The predicted molar refractivity (Wildman–Crippen MR) is 87.0 cm³/mol. The Morgan fingerprint density at radius 2 is 2.20 bits per heavy atom. The highest BCUT2D eigenvalue weighted by Crippen LogP contribution is 2.40. The summed E-state index contributed by atoms with van der Waals surface area (Å²) in [5, 5.41) is 3.59. The molecule has 2 heterocycles. The van der Waals surface area contributed by atoms with Gasteiger partial charge in [0.15, 0.2) is 0 Å². The lowest BCUT2D eigenvalue weighted by Crippen LogP contribution is -2.37. The number of halogens is 1. The van der Waals surface area contributed by atoms with Crippen molar-refractivity contribution in [1.29, 1.82) is 0 Å². The van der Waals surface area contributed by atoms with E-state index in [0.717, 1.165) is 23.0 Å². The molecule has 2 atom stereocenters. The van der Waals surface area contributed by atoms with Crippen LogP contribution in [0.1, 0.15) is 45.6 Å². The first-order valence-electron chi connectivity index (χ1n) is 7.58. The van der Waals surface area contributed by atoms with Crippen LogP contribution in [0.25, 0.3) is 0 Å². The highest BCUT2D eigenvalue weighted by Gasteiger charge is 2.39. The fourth-order valence-corrected chi connectivity index (χ4v) is 3.79. The molecule has 1 aliphatic carbocycles. The molecule has 2 unspecified atom stereocenters.